The second kappa shape index (κ2) is 7.65. The highest BCUT2D eigenvalue weighted by Gasteiger charge is 2.54. The van der Waals surface area contributed by atoms with E-state index in [0.717, 1.165) is 24.2 Å². The van der Waals surface area contributed by atoms with Crippen LogP contribution < -0.4 is 5.32 Å². The van der Waals surface area contributed by atoms with E-state index in [4.69, 9.17) is 0 Å². The summed E-state index contributed by atoms with van der Waals surface area (Å²) in [4.78, 5) is 13.3. The summed E-state index contributed by atoms with van der Waals surface area (Å²) in [6, 6.07) is 4.99. The first-order valence-electron chi connectivity index (χ1n) is 10.7. The number of nitrogens with one attached hydrogen (secondary N) is 1. The molecule has 1 N–H and O–H groups in total. The summed E-state index contributed by atoms with van der Waals surface area (Å²) < 4.78 is 26.8. The molecule has 4 bridgehead atoms. The molecular formula is C22H31BrN2O3S. The monoisotopic (exact) mass is 482 g/mol. The Kier molecular flexibility index (Phi) is 5.62. The van der Waals surface area contributed by atoms with Crippen LogP contribution in [-0.4, -0.2) is 38.8 Å². The van der Waals surface area contributed by atoms with Gasteiger partial charge < -0.3 is 5.32 Å². The third-order valence-electron chi connectivity index (χ3n) is 7.49. The van der Waals surface area contributed by atoms with Gasteiger partial charge in [0, 0.05) is 30.2 Å². The first-order chi connectivity index (χ1) is 13.6. The molecule has 1 amide bonds. The maximum absolute atomic E-state index is 13.1. The summed E-state index contributed by atoms with van der Waals surface area (Å²) in [5.41, 5.74) is 0.629. The zero-order chi connectivity index (χ0) is 21.0. The fourth-order valence-electron chi connectivity index (χ4n) is 6.57. The van der Waals surface area contributed by atoms with Crippen LogP contribution in [0.5, 0.6) is 0 Å². The van der Waals surface area contributed by atoms with Gasteiger partial charge >= 0.3 is 0 Å². The second-order valence-electron chi connectivity index (χ2n) is 9.65. The zero-order valence-corrected chi connectivity index (χ0v) is 19.9. The summed E-state index contributed by atoms with van der Waals surface area (Å²) in [5, 5.41) is 3.30. The first kappa shape index (κ1) is 21.3. The van der Waals surface area contributed by atoms with Crippen molar-refractivity contribution in [3.63, 3.8) is 0 Å². The number of carbonyl (C=O) groups is 1. The van der Waals surface area contributed by atoms with Crippen LogP contribution in [0, 0.1) is 23.2 Å². The van der Waals surface area contributed by atoms with Crippen molar-refractivity contribution in [1.29, 1.82) is 0 Å². The Morgan fingerprint density at radius 1 is 1.17 bits per heavy atom. The topological polar surface area (TPSA) is 66.5 Å². The molecule has 29 heavy (non-hydrogen) atoms. The molecule has 4 fully saturated rings. The van der Waals surface area contributed by atoms with Gasteiger partial charge in [-0.1, -0.05) is 6.92 Å². The number of amides is 1. The Labute approximate surface area is 182 Å². The molecule has 0 heterocycles. The number of hydrogen-bond donors (Lipinski definition) is 1. The number of carbonyl (C=O) groups excluding carboxylic acids is 1. The normalized spacial score (nSPS) is 31.8. The van der Waals surface area contributed by atoms with E-state index in [1.165, 1.54) is 63.0 Å². The maximum Gasteiger partial charge on any atom is 0.251 e. The minimum absolute atomic E-state index is 0.123. The lowest BCUT2D eigenvalue weighted by atomic mass is 9.47. The highest BCUT2D eigenvalue weighted by atomic mass is 79.9. The molecule has 0 saturated heterocycles. The van der Waals surface area contributed by atoms with Crippen molar-refractivity contribution in [1.82, 2.24) is 9.62 Å². The number of rotatable bonds is 6. The average molecular weight is 483 g/mol. The van der Waals surface area contributed by atoms with Gasteiger partial charge in [0.1, 0.15) is 0 Å². The molecule has 1 aromatic rings. The number of sulfonamides is 1. The summed E-state index contributed by atoms with van der Waals surface area (Å²) >= 11 is 3.32. The molecule has 7 heteroatoms. The quantitative estimate of drug-likeness (QED) is 0.652. The van der Waals surface area contributed by atoms with Gasteiger partial charge in [-0.3, -0.25) is 4.79 Å². The Morgan fingerprint density at radius 3 is 2.21 bits per heavy atom. The largest absolute Gasteiger partial charge is 0.349 e. The molecule has 5 nitrogen and oxygen atoms in total. The van der Waals surface area contributed by atoms with Gasteiger partial charge in [-0.15, -0.1) is 0 Å². The Balaban J connectivity index is 1.57. The van der Waals surface area contributed by atoms with Crippen LogP contribution in [0.1, 0.15) is 62.2 Å². The summed E-state index contributed by atoms with van der Waals surface area (Å²) in [6.45, 7) is 2.16. The smallest absolute Gasteiger partial charge is 0.251 e. The molecule has 0 aliphatic heterocycles. The third-order valence-corrected chi connectivity index (χ3v) is 10.3. The van der Waals surface area contributed by atoms with Crippen molar-refractivity contribution in [3.05, 3.63) is 28.2 Å². The molecule has 0 radical (unpaired) electrons. The van der Waals surface area contributed by atoms with Crippen LogP contribution >= 0.6 is 15.9 Å². The highest BCUT2D eigenvalue weighted by Crippen LogP contribution is 2.61. The predicted molar refractivity (Wildman–Crippen MR) is 117 cm³/mol. The first-order valence-corrected chi connectivity index (χ1v) is 12.9. The highest BCUT2D eigenvalue weighted by molar-refractivity contribution is 9.10. The average Bonchev–Trinajstić information content (AvgIpc) is 2.64. The van der Waals surface area contributed by atoms with Crippen LogP contribution in [0.3, 0.4) is 0 Å². The van der Waals surface area contributed by atoms with E-state index in [-0.39, 0.29) is 22.3 Å². The third kappa shape index (κ3) is 3.79. The Bertz CT molecular complexity index is 877. The van der Waals surface area contributed by atoms with Gasteiger partial charge in [-0.25, -0.2) is 12.7 Å². The maximum atomic E-state index is 13.1. The van der Waals surface area contributed by atoms with Crippen LogP contribution in [-0.2, 0) is 10.0 Å². The van der Waals surface area contributed by atoms with E-state index in [9.17, 15) is 13.2 Å². The second-order valence-corrected chi connectivity index (χ2v) is 12.6. The predicted octanol–water partition coefficient (Wildman–Crippen LogP) is 4.42. The number of halogens is 1. The van der Waals surface area contributed by atoms with E-state index in [1.54, 1.807) is 12.1 Å². The van der Waals surface area contributed by atoms with Crippen molar-refractivity contribution >= 4 is 31.9 Å². The molecule has 1 unspecified atom stereocenters. The van der Waals surface area contributed by atoms with Crippen molar-refractivity contribution in [2.24, 2.45) is 23.2 Å². The summed E-state index contributed by atoms with van der Waals surface area (Å²) in [6.07, 6.45) is 8.75. The van der Waals surface area contributed by atoms with Gasteiger partial charge in [-0.2, -0.15) is 0 Å². The molecule has 160 valence electrons. The molecule has 1 aromatic carbocycles. The molecule has 1 atom stereocenters. The molecule has 4 aliphatic carbocycles. The molecule has 0 aromatic heterocycles. The fraction of sp³-hybridized carbons (Fsp3) is 0.682. The lowest BCUT2D eigenvalue weighted by Gasteiger charge is -2.59. The Morgan fingerprint density at radius 2 is 1.72 bits per heavy atom. The zero-order valence-electron chi connectivity index (χ0n) is 17.4. The minimum Gasteiger partial charge on any atom is -0.349 e. The standard InChI is InChI=1S/C22H31BrN2O3S/c1-4-20(22-11-14-7-15(12-22)9-16(8-14)13-22)24-21(26)17-5-6-18(23)19(10-17)29(27,28)25(2)3/h5-6,10,14-16,20H,4,7-9,11-13H2,1-3H3,(H,24,26). The molecular weight excluding hydrogens is 452 g/mol. The van der Waals surface area contributed by atoms with Gasteiger partial charge in [0.15, 0.2) is 0 Å². The summed E-state index contributed by atoms with van der Waals surface area (Å²) in [7, 11) is -0.639. The fourth-order valence-corrected chi connectivity index (χ4v) is 8.42. The van der Waals surface area contributed by atoms with E-state index < -0.39 is 10.0 Å². The van der Waals surface area contributed by atoms with Gasteiger partial charge in [0.05, 0.1) is 4.90 Å². The van der Waals surface area contributed by atoms with E-state index in [0.29, 0.717) is 10.0 Å². The van der Waals surface area contributed by atoms with Gasteiger partial charge in [0.25, 0.3) is 5.91 Å². The lowest BCUT2D eigenvalue weighted by Crippen LogP contribution is -2.56. The van der Waals surface area contributed by atoms with Gasteiger partial charge in [0.2, 0.25) is 10.0 Å². The van der Waals surface area contributed by atoms with Crippen LogP contribution in [0.15, 0.2) is 27.6 Å². The number of nitrogens with zero attached hydrogens (tertiary/aromatic N) is 1. The summed E-state index contributed by atoms with van der Waals surface area (Å²) in [5.74, 6) is 2.32. The van der Waals surface area contributed by atoms with Crippen molar-refractivity contribution in [2.75, 3.05) is 14.1 Å². The number of hydrogen-bond acceptors (Lipinski definition) is 3. The Hall–Kier alpha value is -0.920. The van der Waals surface area contributed by atoms with Crippen LogP contribution in [0.4, 0.5) is 0 Å². The van der Waals surface area contributed by atoms with Crippen LogP contribution in [0.25, 0.3) is 0 Å². The van der Waals surface area contributed by atoms with E-state index in [2.05, 4.69) is 28.2 Å². The SMILES string of the molecule is CCC(NC(=O)c1ccc(Br)c(S(=O)(=O)N(C)C)c1)C12CC3CC(CC(C3)C1)C2. The molecule has 0 spiro atoms. The van der Waals surface area contributed by atoms with E-state index >= 15 is 0 Å². The van der Waals surface area contributed by atoms with Gasteiger partial charge in [-0.05, 0) is 102 Å². The molecule has 4 aliphatic rings. The van der Waals surface area contributed by atoms with Crippen LogP contribution in [0.2, 0.25) is 0 Å². The molecule has 4 saturated carbocycles. The minimum atomic E-state index is -3.63. The van der Waals surface area contributed by atoms with Crippen molar-refractivity contribution in [3.8, 4) is 0 Å². The number of benzene rings is 1. The molecule has 5 rings (SSSR count). The lowest BCUT2D eigenvalue weighted by molar-refractivity contribution is -0.0727. The van der Waals surface area contributed by atoms with E-state index in [1.807, 2.05) is 0 Å². The van der Waals surface area contributed by atoms with Crippen molar-refractivity contribution < 1.29 is 13.2 Å². The van der Waals surface area contributed by atoms with Crippen molar-refractivity contribution in [2.45, 2.75) is 62.8 Å².